The Bertz CT molecular complexity index is 582. The van der Waals surface area contributed by atoms with Crippen LogP contribution in [0.4, 0.5) is 0 Å². The van der Waals surface area contributed by atoms with Gasteiger partial charge in [-0.2, -0.15) is 0 Å². The van der Waals surface area contributed by atoms with E-state index in [2.05, 4.69) is 40.4 Å². The van der Waals surface area contributed by atoms with Crippen LogP contribution in [-0.2, 0) is 11.8 Å². The molecule has 2 fully saturated rings. The first-order valence-corrected chi connectivity index (χ1v) is 9.65. The van der Waals surface area contributed by atoms with Gasteiger partial charge in [0, 0.05) is 32.9 Å². The van der Waals surface area contributed by atoms with Crippen molar-refractivity contribution in [3.05, 3.63) is 18.2 Å². The lowest BCUT2D eigenvalue weighted by atomic mass is 9.87. The molecule has 1 aromatic rings. The van der Waals surface area contributed by atoms with E-state index in [9.17, 15) is 4.79 Å². The average molecular weight is 348 g/mol. The molecule has 140 valence electrons. The maximum absolute atomic E-state index is 12.7. The van der Waals surface area contributed by atoms with Gasteiger partial charge >= 0.3 is 0 Å². The molecule has 0 spiro atoms. The van der Waals surface area contributed by atoms with E-state index < -0.39 is 0 Å². The molecule has 2 heterocycles. The van der Waals surface area contributed by atoms with E-state index in [1.165, 1.54) is 25.0 Å². The first-order chi connectivity index (χ1) is 12.0. The normalized spacial score (nSPS) is 24.7. The number of hydrogen-bond donors (Lipinski definition) is 0. The van der Waals surface area contributed by atoms with E-state index in [-0.39, 0.29) is 5.91 Å². The number of hydrogen-bond acceptors (Lipinski definition) is 4. The van der Waals surface area contributed by atoms with Crippen LogP contribution in [0.15, 0.2) is 12.5 Å². The van der Waals surface area contributed by atoms with Gasteiger partial charge in [-0.3, -0.25) is 14.6 Å². The van der Waals surface area contributed by atoms with Crippen LogP contribution in [0.3, 0.4) is 0 Å². The molecule has 2 atom stereocenters. The smallest absolute Gasteiger partial charge is 0.236 e. The van der Waals surface area contributed by atoms with Crippen molar-refractivity contribution in [1.29, 1.82) is 0 Å². The standard InChI is InChI=1S/C19H33N5O/c1-5-24(16-8-9-16)13-18(25)22(3)12-15-7-6-10-21(2)19(15)17-11-20-14-23(17)4/h11,14-16,19H,5-10,12-13H2,1-4H3/t15-,19+/m0/s1. The number of aromatic nitrogens is 2. The highest BCUT2D eigenvalue weighted by Crippen LogP contribution is 2.35. The first-order valence-electron chi connectivity index (χ1n) is 9.65. The minimum Gasteiger partial charge on any atom is -0.344 e. The second-order valence-electron chi connectivity index (χ2n) is 7.83. The number of amides is 1. The third-order valence-corrected chi connectivity index (χ3v) is 5.91. The van der Waals surface area contributed by atoms with Crippen molar-refractivity contribution in [3.8, 4) is 0 Å². The van der Waals surface area contributed by atoms with Crippen molar-refractivity contribution < 1.29 is 4.79 Å². The number of likely N-dealkylation sites (N-methyl/N-ethyl adjacent to an activating group) is 2. The number of nitrogens with zero attached hydrogens (tertiary/aromatic N) is 5. The number of imidazole rings is 1. The van der Waals surface area contributed by atoms with E-state index in [4.69, 9.17) is 0 Å². The van der Waals surface area contributed by atoms with E-state index in [1.807, 2.05) is 24.5 Å². The molecule has 3 rings (SSSR count). The zero-order valence-corrected chi connectivity index (χ0v) is 16.2. The fourth-order valence-corrected chi connectivity index (χ4v) is 4.26. The van der Waals surface area contributed by atoms with Gasteiger partial charge in [0.15, 0.2) is 0 Å². The Morgan fingerprint density at radius 2 is 2.08 bits per heavy atom. The van der Waals surface area contributed by atoms with Crippen molar-refractivity contribution in [2.45, 2.75) is 44.7 Å². The van der Waals surface area contributed by atoms with Crippen molar-refractivity contribution in [1.82, 2.24) is 24.3 Å². The van der Waals surface area contributed by atoms with E-state index >= 15 is 0 Å². The van der Waals surface area contributed by atoms with E-state index in [0.717, 1.165) is 26.1 Å². The molecule has 1 saturated carbocycles. The summed E-state index contributed by atoms with van der Waals surface area (Å²) in [7, 11) is 6.22. The Labute approximate surface area is 151 Å². The average Bonchev–Trinajstić information content (AvgIpc) is 3.35. The summed E-state index contributed by atoms with van der Waals surface area (Å²) in [5.41, 5.74) is 1.25. The SMILES string of the molecule is CCN(CC(=O)N(C)C[C@@H]1CCCN(C)[C@H]1c1cncn1C)C1CC1. The van der Waals surface area contributed by atoms with Crippen LogP contribution in [0.1, 0.15) is 44.3 Å². The van der Waals surface area contributed by atoms with Gasteiger partial charge in [0.1, 0.15) is 0 Å². The third kappa shape index (κ3) is 4.23. The molecule has 1 amide bonds. The number of carbonyl (C=O) groups is 1. The van der Waals surface area contributed by atoms with Gasteiger partial charge in [0.25, 0.3) is 0 Å². The van der Waals surface area contributed by atoms with Crippen molar-refractivity contribution in [2.75, 3.05) is 40.3 Å². The van der Waals surface area contributed by atoms with Crippen LogP contribution < -0.4 is 0 Å². The lowest BCUT2D eigenvalue weighted by Crippen LogP contribution is -2.45. The molecule has 6 nitrogen and oxygen atoms in total. The molecule has 0 N–H and O–H groups in total. The molecular weight excluding hydrogens is 314 g/mol. The highest BCUT2D eigenvalue weighted by molar-refractivity contribution is 5.78. The fraction of sp³-hybridized carbons (Fsp3) is 0.789. The van der Waals surface area contributed by atoms with E-state index in [0.29, 0.717) is 24.5 Å². The van der Waals surface area contributed by atoms with Gasteiger partial charge in [-0.15, -0.1) is 0 Å². The summed E-state index contributed by atoms with van der Waals surface area (Å²) in [6, 6.07) is 0.979. The molecule has 0 bridgehead atoms. The summed E-state index contributed by atoms with van der Waals surface area (Å²) < 4.78 is 2.12. The zero-order valence-electron chi connectivity index (χ0n) is 16.2. The quantitative estimate of drug-likeness (QED) is 0.754. The Balaban J connectivity index is 1.64. The lowest BCUT2D eigenvalue weighted by molar-refractivity contribution is -0.132. The number of aryl methyl sites for hydroxylation is 1. The third-order valence-electron chi connectivity index (χ3n) is 5.91. The molecule has 1 saturated heterocycles. The Hall–Kier alpha value is -1.40. The van der Waals surface area contributed by atoms with Crippen LogP contribution >= 0.6 is 0 Å². The predicted molar refractivity (Wildman–Crippen MR) is 99.2 cm³/mol. The minimum absolute atomic E-state index is 0.255. The maximum atomic E-state index is 12.7. The number of carbonyl (C=O) groups excluding carboxylic acids is 1. The summed E-state index contributed by atoms with van der Waals surface area (Å²) in [4.78, 5) is 23.7. The number of rotatable bonds is 7. The Morgan fingerprint density at radius 1 is 1.32 bits per heavy atom. The second kappa shape index (κ2) is 7.87. The van der Waals surface area contributed by atoms with Crippen molar-refractivity contribution >= 4 is 5.91 Å². The molecule has 2 aliphatic rings. The highest BCUT2D eigenvalue weighted by atomic mass is 16.2. The lowest BCUT2D eigenvalue weighted by Gasteiger charge is -2.41. The Kier molecular flexibility index (Phi) is 5.79. The largest absolute Gasteiger partial charge is 0.344 e. The maximum Gasteiger partial charge on any atom is 0.236 e. The zero-order chi connectivity index (χ0) is 18.0. The van der Waals surface area contributed by atoms with Crippen LogP contribution in [0, 0.1) is 5.92 Å². The highest BCUT2D eigenvalue weighted by Gasteiger charge is 2.34. The number of piperidine rings is 1. The van der Waals surface area contributed by atoms with Crippen LogP contribution in [-0.4, -0.2) is 76.5 Å². The van der Waals surface area contributed by atoms with Gasteiger partial charge in [-0.1, -0.05) is 6.92 Å². The first kappa shape index (κ1) is 18.4. The molecule has 1 aromatic heterocycles. The molecule has 6 heteroatoms. The van der Waals surface area contributed by atoms with E-state index in [1.54, 1.807) is 0 Å². The number of likely N-dealkylation sites (tertiary alicyclic amines) is 1. The van der Waals surface area contributed by atoms with Crippen LogP contribution in [0.25, 0.3) is 0 Å². The molecule has 1 aliphatic carbocycles. The molecule has 0 aromatic carbocycles. The summed E-state index contributed by atoms with van der Waals surface area (Å²) in [6.07, 6.45) is 8.71. The minimum atomic E-state index is 0.255. The summed E-state index contributed by atoms with van der Waals surface area (Å²) in [5.74, 6) is 0.713. The van der Waals surface area contributed by atoms with Gasteiger partial charge in [0.05, 0.1) is 24.6 Å². The summed E-state index contributed by atoms with van der Waals surface area (Å²) >= 11 is 0. The monoisotopic (exact) mass is 347 g/mol. The van der Waals surface area contributed by atoms with Gasteiger partial charge in [0.2, 0.25) is 5.91 Å². The fourth-order valence-electron chi connectivity index (χ4n) is 4.26. The van der Waals surface area contributed by atoms with Crippen LogP contribution in [0.2, 0.25) is 0 Å². The molecule has 0 radical (unpaired) electrons. The van der Waals surface area contributed by atoms with Gasteiger partial charge in [-0.25, -0.2) is 4.98 Å². The Morgan fingerprint density at radius 3 is 2.68 bits per heavy atom. The van der Waals surface area contributed by atoms with Crippen molar-refractivity contribution in [3.63, 3.8) is 0 Å². The van der Waals surface area contributed by atoms with Crippen molar-refractivity contribution in [2.24, 2.45) is 13.0 Å². The molecule has 1 aliphatic heterocycles. The summed E-state index contributed by atoms with van der Waals surface area (Å²) in [5, 5.41) is 0. The second-order valence-corrected chi connectivity index (χ2v) is 7.83. The molecular formula is C19H33N5O. The topological polar surface area (TPSA) is 44.6 Å². The summed E-state index contributed by atoms with van der Waals surface area (Å²) in [6.45, 7) is 5.61. The molecule has 0 unspecified atom stereocenters. The predicted octanol–water partition coefficient (Wildman–Crippen LogP) is 1.75. The van der Waals surface area contributed by atoms with Crippen LogP contribution in [0.5, 0.6) is 0 Å². The van der Waals surface area contributed by atoms with Gasteiger partial charge < -0.3 is 9.47 Å². The molecule has 25 heavy (non-hydrogen) atoms. The van der Waals surface area contributed by atoms with Gasteiger partial charge in [-0.05, 0) is 51.7 Å².